The molecule has 0 unspecified atom stereocenters. The predicted molar refractivity (Wildman–Crippen MR) is 127 cm³/mol. The van der Waals surface area contributed by atoms with E-state index < -0.39 is 5.97 Å². The Balaban J connectivity index is 0.000000367. The molecule has 0 amide bonds. The number of nitrogens with zero attached hydrogens (tertiary/aromatic N) is 2. The first-order valence-electron chi connectivity index (χ1n) is 10.0. The molecule has 3 heterocycles. The lowest BCUT2D eigenvalue weighted by atomic mass is 10.0. The third kappa shape index (κ3) is 5.45. The number of aromatic nitrogens is 1. The molecule has 0 bridgehead atoms. The van der Waals surface area contributed by atoms with E-state index >= 15 is 0 Å². The van der Waals surface area contributed by atoms with E-state index in [2.05, 4.69) is 15.3 Å². The molecule has 7 heteroatoms. The number of carboxylic acid groups (broad SMARTS) is 1. The number of halogens is 1. The fourth-order valence-electron chi connectivity index (χ4n) is 3.34. The van der Waals surface area contributed by atoms with Gasteiger partial charge in [-0.3, -0.25) is 4.99 Å². The zero-order chi connectivity index (χ0) is 21.7. The largest absolute Gasteiger partial charge is 0.477 e. The zero-order valence-corrected chi connectivity index (χ0v) is 19.0. The smallest absolute Gasteiger partial charge is 0.348 e. The number of aliphatic imine (C=N–C) groups is 1. The van der Waals surface area contributed by atoms with Crippen LogP contribution in [0.4, 0.5) is 5.69 Å². The summed E-state index contributed by atoms with van der Waals surface area (Å²) in [5.41, 5.74) is 3.96. The molecule has 0 spiro atoms. The molecule has 30 heavy (non-hydrogen) atoms. The van der Waals surface area contributed by atoms with Crippen LogP contribution in [0.15, 0.2) is 35.3 Å². The maximum Gasteiger partial charge on any atom is 0.348 e. The van der Waals surface area contributed by atoms with Crippen LogP contribution in [-0.4, -0.2) is 34.9 Å². The summed E-state index contributed by atoms with van der Waals surface area (Å²) in [6, 6.07) is 9.42. The summed E-state index contributed by atoms with van der Waals surface area (Å²) >= 11 is 7.14. The van der Waals surface area contributed by atoms with Gasteiger partial charge in [-0.2, -0.15) is 0 Å². The maximum absolute atomic E-state index is 11.6. The highest BCUT2D eigenvalue weighted by molar-refractivity contribution is 7.21. The Morgan fingerprint density at radius 2 is 1.83 bits per heavy atom. The molecule has 1 fully saturated rings. The van der Waals surface area contributed by atoms with E-state index in [1.165, 1.54) is 32.4 Å². The summed E-state index contributed by atoms with van der Waals surface area (Å²) in [5.74, 6) is -0.988. The molecule has 1 aliphatic heterocycles. The second-order valence-electron chi connectivity index (χ2n) is 7.45. The lowest BCUT2D eigenvalue weighted by molar-refractivity contribution is 0.0703. The number of aryl methyl sites for hydroxylation is 1. The summed E-state index contributed by atoms with van der Waals surface area (Å²) in [6.07, 6.45) is 4.22. The van der Waals surface area contributed by atoms with Gasteiger partial charge in [0.25, 0.3) is 0 Å². The van der Waals surface area contributed by atoms with Gasteiger partial charge in [0.05, 0.1) is 5.69 Å². The van der Waals surface area contributed by atoms with Crippen LogP contribution in [0.3, 0.4) is 0 Å². The van der Waals surface area contributed by atoms with E-state index in [4.69, 9.17) is 11.6 Å². The number of hydrogen-bond donors (Lipinski definition) is 2. The van der Waals surface area contributed by atoms with Gasteiger partial charge in [0.1, 0.15) is 9.71 Å². The summed E-state index contributed by atoms with van der Waals surface area (Å²) in [4.78, 5) is 21.5. The molecule has 0 saturated carbocycles. The first-order chi connectivity index (χ1) is 14.4. The van der Waals surface area contributed by atoms with Gasteiger partial charge in [-0.05, 0) is 76.0 Å². The van der Waals surface area contributed by atoms with Crippen molar-refractivity contribution < 1.29 is 9.90 Å². The standard InChI is InChI=1S/C18H15ClN2O2S.C5H11N/c1-9(2)20-15-14-13(11-4-6-12(19)7-5-11)8-10(3)21-17(14)24-16(15)18(22)23;1-2-4-6-5-3-1/h4-8H,1-3H3,(H,22,23);6H,1-5H2. The van der Waals surface area contributed by atoms with Crippen LogP contribution in [0.1, 0.15) is 48.5 Å². The van der Waals surface area contributed by atoms with Crippen molar-refractivity contribution in [3.05, 3.63) is 45.9 Å². The minimum absolute atomic E-state index is 0.208. The minimum atomic E-state index is -0.988. The number of rotatable bonds is 3. The molecular formula is C23H26ClN3O2S. The third-order valence-electron chi connectivity index (χ3n) is 4.66. The van der Waals surface area contributed by atoms with Crippen molar-refractivity contribution in [3.8, 4) is 11.1 Å². The number of carboxylic acids is 1. The molecule has 2 aromatic heterocycles. The van der Waals surface area contributed by atoms with Crippen molar-refractivity contribution in [3.63, 3.8) is 0 Å². The number of piperidine rings is 1. The Hall–Kier alpha value is -2.28. The molecule has 4 rings (SSSR count). The second-order valence-corrected chi connectivity index (χ2v) is 8.89. The first kappa shape index (κ1) is 22.4. The van der Waals surface area contributed by atoms with E-state index in [1.54, 1.807) is 0 Å². The quantitative estimate of drug-likeness (QED) is 0.453. The van der Waals surface area contributed by atoms with Crippen molar-refractivity contribution >= 4 is 50.5 Å². The Morgan fingerprint density at radius 1 is 1.17 bits per heavy atom. The van der Waals surface area contributed by atoms with Gasteiger partial charge < -0.3 is 10.4 Å². The van der Waals surface area contributed by atoms with Gasteiger partial charge in [-0.1, -0.05) is 30.2 Å². The van der Waals surface area contributed by atoms with E-state index in [1.807, 2.05) is 51.1 Å². The average molecular weight is 444 g/mol. The van der Waals surface area contributed by atoms with Crippen molar-refractivity contribution in [1.82, 2.24) is 10.3 Å². The fourth-order valence-corrected chi connectivity index (χ4v) is 4.49. The highest BCUT2D eigenvalue weighted by Crippen LogP contribution is 2.43. The van der Waals surface area contributed by atoms with Gasteiger partial charge in [0, 0.05) is 21.8 Å². The molecule has 1 saturated heterocycles. The van der Waals surface area contributed by atoms with Crippen molar-refractivity contribution in [1.29, 1.82) is 0 Å². The topological polar surface area (TPSA) is 74.6 Å². The molecule has 0 aliphatic carbocycles. The van der Waals surface area contributed by atoms with E-state index in [0.29, 0.717) is 15.5 Å². The van der Waals surface area contributed by atoms with Gasteiger partial charge in [0.2, 0.25) is 0 Å². The van der Waals surface area contributed by atoms with Gasteiger partial charge in [-0.15, -0.1) is 11.3 Å². The van der Waals surface area contributed by atoms with Crippen LogP contribution in [0.5, 0.6) is 0 Å². The van der Waals surface area contributed by atoms with Crippen molar-refractivity contribution in [2.24, 2.45) is 4.99 Å². The first-order valence-corrected chi connectivity index (χ1v) is 11.2. The van der Waals surface area contributed by atoms with E-state index in [-0.39, 0.29) is 4.88 Å². The predicted octanol–water partition coefficient (Wildman–Crippen LogP) is 6.50. The molecule has 0 atom stereocenters. The Morgan fingerprint density at radius 3 is 2.33 bits per heavy atom. The summed E-state index contributed by atoms with van der Waals surface area (Å²) < 4.78 is 0. The molecule has 2 N–H and O–H groups in total. The SMILES string of the molecule is C1CCNCC1.CC(C)=Nc1c(C(=O)O)sc2nc(C)cc(-c3ccc(Cl)cc3)c12. The number of pyridine rings is 1. The fraction of sp³-hybridized carbons (Fsp3) is 0.348. The lowest BCUT2D eigenvalue weighted by Crippen LogP contribution is -2.21. The summed E-state index contributed by atoms with van der Waals surface area (Å²) in [6.45, 7) is 8.09. The van der Waals surface area contributed by atoms with Crippen LogP contribution in [-0.2, 0) is 0 Å². The number of benzene rings is 1. The van der Waals surface area contributed by atoms with Crippen molar-refractivity contribution in [2.75, 3.05) is 13.1 Å². The number of aromatic carboxylic acids is 1. The number of fused-ring (bicyclic) bond motifs is 1. The molecule has 5 nitrogen and oxygen atoms in total. The molecular weight excluding hydrogens is 418 g/mol. The lowest BCUT2D eigenvalue weighted by Gasteiger charge is -2.08. The Kier molecular flexibility index (Phi) is 7.58. The van der Waals surface area contributed by atoms with Gasteiger partial charge in [-0.25, -0.2) is 9.78 Å². The highest BCUT2D eigenvalue weighted by atomic mass is 35.5. The Bertz CT molecular complexity index is 1050. The summed E-state index contributed by atoms with van der Waals surface area (Å²) in [7, 11) is 0. The van der Waals surface area contributed by atoms with Crippen LogP contribution in [0.25, 0.3) is 21.3 Å². The Labute approximate surface area is 185 Å². The normalized spacial score (nSPS) is 13.5. The number of thiophene rings is 1. The van der Waals surface area contributed by atoms with E-state index in [0.717, 1.165) is 39.3 Å². The molecule has 158 valence electrons. The third-order valence-corrected chi connectivity index (χ3v) is 5.97. The van der Waals surface area contributed by atoms with Crippen molar-refractivity contribution in [2.45, 2.75) is 40.0 Å². The van der Waals surface area contributed by atoms with Crippen LogP contribution in [0.2, 0.25) is 5.02 Å². The van der Waals surface area contributed by atoms with Crippen LogP contribution in [0, 0.1) is 6.92 Å². The van der Waals surface area contributed by atoms with E-state index in [9.17, 15) is 9.90 Å². The molecule has 1 aliphatic rings. The average Bonchev–Trinajstić information content (AvgIpc) is 3.07. The monoisotopic (exact) mass is 443 g/mol. The molecule has 0 radical (unpaired) electrons. The zero-order valence-electron chi connectivity index (χ0n) is 17.5. The molecule has 3 aromatic rings. The minimum Gasteiger partial charge on any atom is -0.477 e. The number of carbonyl (C=O) groups is 1. The van der Waals surface area contributed by atoms with Gasteiger partial charge >= 0.3 is 5.97 Å². The molecule has 1 aromatic carbocycles. The maximum atomic E-state index is 11.6. The van der Waals surface area contributed by atoms with Gasteiger partial charge in [0.15, 0.2) is 0 Å². The van der Waals surface area contributed by atoms with Crippen LogP contribution < -0.4 is 5.32 Å². The highest BCUT2D eigenvalue weighted by Gasteiger charge is 2.22. The number of hydrogen-bond acceptors (Lipinski definition) is 5. The summed E-state index contributed by atoms with van der Waals surface area (Å²) in [5, 5.41) is 14.3. The second kappa shape index (κ2) is 10.2. The number of nitrogens with one attached hydrogen (secondary N) is 1. The van der Waals surface area contributed by atoms with Crippen LogP contribution >= 0.6 is 22.9 Å².